The van der Waals surface area contributed by atoms with Gasteiger partial charge in [0.25, 0.3) is 0 Å². The number of hydrogen-bond acceptors (Lipinski definition) is 3. The molecule has 0 radical (unpaired) electrons. The van der Waals surface area contributed by atoms with Gasteiger partial charge >= 0.3 is 0 Å². The molecular formula is C12H18N2O. The Labute approximate surface area is 90.7 Å². The summed E-state index contributed by atoms with van der Waals surface area (Å²) in [6.07, 6.45) is 0.842. The summed E-state index contributed by atoms with van der Waals surface area (Å²) in [5.41, 5.74) is 2.67. The summed E-state index contributed by atoms with van der Waals surface area (Å²) >= 11 is 0. The molecule has 2 rings (SSSR count). The van der Waals surface area contributed by atoms with Crippen molar-refractivity contribution in [1.29, 1.82) is 0 Å². The zero-order valence-electron chi connectivity index (χ0n) is 8.95. The van der Waals surface area contributed by atoms with Gasteiger partial charge in [0.2, 0.25) is 0 Å². The summed E-state index contributed by atoms with van der Waals surface area (Å²) in [4.78, 5) is 2.35. The Bertz CT molecular complexity index is 314. The van der Waals surface area contributed by atoms with E-state index in [-0.39, 0.29) is 6.61 Å². The fourth-order valence-corrected chi connectivity index (χ4v) is 2.02. The van der Waals surface area contributed by atoms with Crippen LogP contribution in [0.3, 0.4) is 0 Å². The molecule has 15 heavy (non-hydrogen) atoms. The van der Waals surface area contributed by atoms with Gasteiger partial charge in [0.05, 0.1) is 0 Å². The van der Waals surface area contributed by atoms with Crippen LogP contribution in [0.4, 0.5) is 5.69 Å². The van der Waals surface area contributed by atoms with Gasteiger partial charge in [-0.15, -0.1) is 0 Å². The summed E-state index contributed by atoms with van der Waals surface area (Å²) in [6.45, 7) is 4.20. The number of nitrogens with zero attached hydrogens (tertiary/aromatic N) is 1. The summed E-state index contributed by atoms with van der Waals surface area (Å²) in [5.74, 6) is 0. The van der Waals surface area contributed by atoms with Gasteiger partial charge in [-0.1, -0.05) is 18.2 Å². The fourth-order valence-electron chi connectivity index (χ4n) is 2.02. The summed E-state index contributed by atoms with van der Waals surface area (Å²) in [5, 5.41) is 12.3. The number of rotatable bonds is 3. The highest BCUT2D eigenvalue weighted by Gasteiger charge is 2.13. The lowest BCUT2D eigenvalue weighted by molar-refractivity contribution is 0.289. The number of anilines is 1. The van der Waals surface area contributed by atoms with Crippen LogP contribution >= 0.6 is 0 Å². The lowest BCUT2D eigenvalue weighted by atomic mass is 10.1. The van der Waals surface area contributed by atoms with E-state index in [4.69, 9.17) is 5.11 Å². The molecule has 1 aliphatic heterocycles. The molecule has 82 valence electrons. The van der Waals surface area contributed by atoms with E-state index < -0.39 is 0 Å². The summed E-state index contributed by atoms with van der Waals surface area (Å²) in [6, 6.07) is 8.49. The second-order valence-corrected chi connectivity index (χ2v) is 3.87. The lowest BCUT2D eigenvalue weighted by Crippen LogP contribution is -2.30. The average molecular weight is 206 g/mol. The Morgan fingerprint density at radius 1 is 1.33 bits per heavy atom. The van der Waals surface area contributed by atoms with Crippen LogP contribution in [0.1, 0.15) is 12.0 Å². The molecule has 2 N–H and O–H groups in total. The second-order valence-electron chi connectivity index (χ2n) is 3.87. The van der Waals surface area contributed by atoms with Crippen LogP contribution in [0.15, 0.2) is 24.3 Å². The highest BCUT2D eigenvalue weighted by Crippen LogP contribution is 2.21. The minimum Gasteiger partial charge on any atom is -0.396 e. The minimum absolute atomic E-state index is 0.270. The molecule has 1 heterocycles. The van der Waals surface area contributed by atoms with Crippen LogP contribution in [0.2, 0.25) is 0 Å². The Morgan fingerprint density at radius 2 is 2.20 bits per heavy atom. The van der Waals surface area contributed by atoms with Crippen LogP contribution < -0.4 is 10.2 Å². The minimum atomic E-state index is 0.270. The standard InChI is InChI=1S/C12H18N2O/c15-9-3-7-14-8-6-13-10-11-4-1-2-5-12(11)14/h1-2,4-5,13,15H,3,6-10H2. The fraction of sp³-hybridized carbons (Fsp3) is 0.500. The number of aliphatic hydroxyl groups is 1. The number of aliphatic hydroxyl groups excluding tert-OH is 1. The van der Waals surface area contributed by atoms with Gasteiger partial charge in [-0.25, -0.2) is 0 Å². The van der Waals surface area contributed by atoms with Crippen LogP contribution in [-0.2, 0) is 6.54 Å². The van der Waals surface area contributed by atoms with Crippen molar-refractivity contribution in [1.82, 2.24) is 5.32 Å². The molecule has 0 saturated carbocycles. The molecule has 3 nitrogen and oxygen atoms in total. The third-order valence-electron chi connectivity index (χ3n) is 2.79. The van der Waals surface area contributed by atoms with Crippen molar-refractivity contribution in [2.45, 2.75) is 13.0 Å². The van der Waals surface area contributed by atoms with Gasteiger partial charge in [0, 0.05) is 38.5 Å². The Hall–Kier alpha value is -1.06. The lowest BCUT2D eigenvalue weighted by Gasteiger charge is -2.24. The molecule has 1 aliphatic rings. The Kier molecular flexibility index (Phi) is 3.59. The maximum Gasteiger partial charge on any atom is 0.0447 e. The first kappa shape index (κ1) is 10.5. The van der Waals surface area contributed by atoms with E-state index in [0.717, 1.165) is 32.6 Å². The number of fused-ring (bicyclic) bond motifs is 1. The number of nitrogens with one attached hydrogen (secondary N) is 1. The monoisotopic (exact) mass is 206 g/mol. The topological polar surface area (TPSA) is 35.5 Å². The van der Waals surface area contributed by atoms with Crippen molar-refractivity contribution >= 4 is 5.69 Å². The molecule has 0 saturated heterocycles. The Balaban J connectivity index is 2.17. The molecule has 0 spiro atoms. The van der Waals surface area contributed by atoms with Gasteiger partial charge in [-0.05, 0) is 18.1 Å². The predicted octanol–water partition coefficient (Wildman–Crippen LogP) is 0.979. The van der Waals surface area contributed by atoms with Crippen molar-refractivity contribution < 1.29 is 5.11 Å². The first-order chi connectivity index (χ1) is 7.42. The zero-order valence-corrected chi connectivity index (χ0v) is 8.95. The Morgan fingerprint density at radius 3 is 3.07 bits per heavy atom. The van der Waals surface area contributed by atoms with E-state index in [1.807, 2.05) is 0 Å². The van der Waals surface area contributed by atoms with E-state index in [9.17, 15) is 0 Å². The smallest absolute Gasteiger partial charge is 0.0447 e. The number of benzene rings is 1. The van der Waals surface area contributed by atoms with Gasteiger partial charge < -0.3 is 15.3 Å². The maximum atomic E-state index is 8.87. The second kappa shape index (κ2) is 5.14. The van der Waals surface area contributed by atoms with Crippen molar-refractivity contribution in [3.05, 3.63) is 29.8 Å². The quantitative estimate of drug-likeness (QED) is 0.774. The predicted molar refractivity (Wildman–Crippen MR) is 62.1 cm³/mol. The normalized spacial score (nSPS) is 15.9. The van der Waals surface area contributed by atoms with E-state index in [1.54, 1.807) is 0 Å². The highest BCUT2D eigenvalue weighted by molar-refractivity contribution is 5.54. The van der Waals surface area contributed by atoms with Crippen LogP contribution in [0.5, 0.6) is 0 Å². The van der Waals surface area contributed by atoms with Crippen molar-refractivity contribution in [3.8, 4) is 0 Å². The van der Waals surface area contributed by atoms with Gasteiger partial charge in [-0.2, -0.15) is 0 Å². The molecule has 1 aromatic rings. The maximum absolute atomic E-state index is 8.87. The molecular weight excluding hydrogens is 188 g/mol. The van der Waals surface area contributed by atoms with Crippen molar-refractivity contribution in [2.75, 3.05) is 31.1 Å². The molecule has 0 bridgehead atoms. The largest absolute Gasteiger partial charge is 0.396 e. The summed E-state index contributed by atoms with van der Waals surface area (Å²) < 4.78 is 0. The SMILES string of the molecule is OCCCN1CCNCc2ccccc21. The van der Waals surface area contributed by atoms with Crippen molar-refractivity contribution in [3.63, 3.8) is 0 Å². The van der Waals surface area contributed by atoms with E-state index in [2.05, 4.69) is 34.5 Å². The van der Waals surface area contributed by atoms with Gasteiger partial charge in [0.15, 0.2) is 0 Å². The first-order valence-corrected chi connectivity index (χ1v) is 5.56. The average Bonchev–Trinajstić information content (AvgIpc) is 2.49. The molecule has 0 unspecified atom stereocenters. The van der Waals surface area contributed by atoms with Crippen molar-refractivity contribution in [2.24, 2.45) is 0 Å². The van der Waals surface area contributed by atoms with Crippen LogP contribution in [0, 0.1) is 0 Å². The molecule has 0 atom stereocenters. The van der Waals surface area contributed by atoms with Gasteiger partial charge in [-0.3, -0.25) is 0 Å². The van der Waals surface area contributed by atoms with Crippen LogP contribution in [0.25, 0.3) is 0 Å². The molecule has 0 fully saturated rings. The molecule has 0 aromatic heterocycles. The third kappa shape index (κ3) is 2.49. The number of para-hydroxylation sites is 1. The van der Waals surface area contributed by atoms with E-state index in [0.29, 0.717) is 0 Å². The van der Waals surface area contributed by atoms with Crippen LogP contribution in [-0.4, -0.2) is 31.3 Å². The van der Waals surface area contributed by atoms with E-state index >= 15 is 0 Å². The molecule has 3 heteroatoms. The number of hydrogen-bond donors (Lipinski definition) is 2. The van der Waals surface area contributed by atoms with Gasteiger partial charge in [0.1, 0.15) is 0 Å². The zero-order chi connectivity index (χ0) is 10.5. The molecule has 0 aliphatic carbocycles. The molecule has 0 amide bonds. The summed E-state index contributed by atoms with van der Waals surface area (Å²) in [7, 11) is 0. The highest BCUT2D eigenvalue weighted by atomic mass is 16.3. The third-order valence-corrected chi connectivity index (χ3v) is 2.79. The molecule has 1 aromatic carbocycles. The first-order valence-electron chi connectivity index (χ1n) is 5.56. The van der Waals surface area contributed by atoms with E-state index in [1.165, 1.54) is 11.3 Å².